The van der Waals surface area contributed by atoms with Gasteiger partial charge in [-0.2, -0.15) is 0 Å². The molecule has 1 aliphatic heterocycles. The number of aliphatic carboxylic acids is 1. The number of carboxylic acid groups (broad SMARTS) is 1. The zero-order valence-electron chi connectivity index (χ0n) is 16.9. The fourth-order valence-corrected chi connectivity index (χ4v) is 3.69. The van der Waals surface area contributed by atoms with E-state index in [1.165, 1.54) is 43.3 Å². The smallest absolute Gasteiger partial charge is 0.336 e. The van der Waals surface area contributed by atoms with E-state index in [1.54, 1.807) is 0 Å². The van der Waals surface area contributed by atoms with Crippen LogP contribution in [0.15, 0.2) is 63.3 Å². The number of hydrogen-bond donors (Lipinski definition) is 2. The minimum Gasteiger partial charge on any atom is -0.481 e. The standard InChI is InChI=1S/C23H15ClO9/c1-10(25)31-12-3-4-13-14(9-20(26)32-19(13)7-12)15(22(28)29)8-17-21(27)16-6-11(24)2-5-18(16)33-23(17)30/h2-9,15,23,30H,1H3,(H,28,29). The summed E-state index contributed by atoms with van der Waals surface area (Å²) in [5.41, 5.74) is -1.13. The summed E-state index contributed by atoms with van der Waals surface area (Å²) in [6.07, 6.45) is -0.706. The Labute approximate surface area is 190 Å². The third-order valence-electron chi connectivity index (χ3n) is 4.91. The molecule has 0 aliphatic carbocycles. The van der Waals surface area contributed by atoms with Gasteiger partial charge in [0.25, 0.3) is 0 Å². The highest BCUT2D eigenvalue weighted by Crippen LogP contribution is 2.35. The van der Waals surface area contributed by atoms with Crippen LogP contribution in [0.25, 0.3) is 11.0 Å². The summed E-state index contributed by atoms with van der Waals surface area (Å²) in [4.78, 5) is 48.5. The summed E-state index contributed by atoms with van der Waals surface area (Å²) in [5.74, 6) is -3.97. The Morgan fingerprint density at radius 3 is 2.61 bits per heavy atom. The monoisotopic (exact) mass is 470 g/mol. The molecule has 0 spiro atoms. The lowest BCUT2D eigenvalue weighted by Gasteiger charge is -2.25. The van der Waals surface area contributed by atoms with Crippen molar-refractivity contribution in [2.24, 2.45) is 0 Å². The van der Waals surface area contributed by atoms with Gasteiger partial charge in [-0.05, 0) is 35.9 Å². The summed E-state index contributed by atoms with van der Waals surface area (Å²) in [5, 5.41) is 20.7. The largest absolute Gasteiger partial charge is 0.481 e. The van der Waals surface area contributed by atoms with Gasteiger partial charge in [-0.15, -0.1) is 0 Å². The van der Waals surface area contributed by atoms with E-state index in [4.69, 9.17) is 25.5 Å². The molecule has 33 heavy (non-hydrogen) atoms. The van der Waals surface area contributed by atoms with Crippen molar-refractivity contribution in [3.05, 3.63) is 80.7 Å². The summed E-state index contributed by atoms with van der Waals surface area (Å²) < 4.78 is 15.4. The second-order valence-electron chi connectivity index (χ2n) is 7.15. The second kappa shape index (κ2) is 8.53. The molecule has 3 aromatic rings. The third kappa shape index (κ3) is 4.36. The highest BCUT2D eigenvalue weighted by molar-refractivity contribution is 6.31. The van der Waals surface area contributed by atoms with E-state index < -0.39 is 35.6 Å². The Bertz CT molecular complexity index is 1400. The molecular formula is C23H15ClO9. The van der Waals surface area contributed by atoms with Gasteiger partial charge in [0.15, 0.2) is 5.78 Å². The highest BCUT2D eigenvalue weighted by atomic mass is 35.5. The molecule has 0 bridgehead atoms. The number of rotatable bonds is 4. The van der Waals surface area contributed by atoms with Crippen LogP contribution in [0, 0.1) is 0 Å². The molecule has 9 nitrogen and oxygen atoms in total. The molecule has 4 rings (SSSR count). The number of esters is 1. The first kappa shape index (κ1) is 22.3. The Morgan fingerprint density at radius 2 is 1.91 bits per heavy atom. The lowest BCUT2D eigenvalue weighted by molar-refractivity contribution is -0.137. The Hall–Kier alpha value is -3.95. The molecule has 0 saturated heterocycles. The number of benzene rings is 2. The molecule has 168 valence electrons. The van der Waals surface area contributed by atoms with Crippen molar-refractivity contribution in [3.63, 3.8) is 0 Å². The number of Topliss-reactive ketones (excluding diaryl/α,β-unsaturated/α-hetero) is 1. The molecule has 2 N–H and O–H groups in total. The highest BCUT2D eigenvalue weighted by Gasteiger charge is 2.33. The van der Waals surface area contributed by atoms with Gasteiger partial charge in [-0.25, -0.2) is 4.79 Å². The van der Waals surface area contributed by atoms with Crippen LogP contribution in [-0.2, 0) is 9.59 Å². The van der Waals surface area contributed by atoms with Gasteiger partial charge in [0.05, 0.1) is 11.1 Å². The zero-order chi connectivity index (χ0) is 23.9. The van der Waals surface area contributed by atoms with E-state index in [0.29, 0.717) is 0 Å². The number of ether oxygens (including phenoxy) is 2. The minimum absolute atomic E-state index is 0.00696. The summed E-state index contributed by atoms with van der Waals surface area (Å²) in [6, 6.07) is 9.32. The maximum Gasteiger partial charge on any atom is 0.336 e. The van der Waals surface area contributed by atoms with Gasteiger partial charge in [0.2, 0.25) is 6.29 Å². The van der Waals surface area contributed by atoms with Crippen LogP contribution in [0.1, 0.15) is 28.8 Å². The Morgan fingerprint density at radius 1 is 1.15 bits per heavy atom. The van der Waals surface area contributed by atoms with Crippen molar-refractivity contribution in [2.45, 2.75) is 19.1 Å². The van der Waals surface area contributed by atoms with E-state index in [-0.39, 0.29) is 44.2 Å². The van der Waals surface area contributed by atoms with Crippen molar-refractivity contribution < 1.29 is 38.5 Å². The molecular weight excluding hydrogens is 456 g/mol. The topological polar surface area (TPSA) is 140 Å². The number of carbonyl (C=O) groups is 3. The lowest BCUT2D eigenvalue weighted by Crippen LogP contribution is -2.31. The number of fused-ring (bicyclic) bond motifs is 2. The first-order valence-corrected chi connectivity index (χ1v) is 9.91. The molecule has 1 aromatic heterocycles. The van der Waals surface area contributed by atoms with Crippen LogP contribution in [0.5, 0.6) is 11.5 Å². The summed E-state index contributed by atoms with van der Waals surface area (Å²) in [6.45, 7) is 1.20. The van der Waals surface area contributed by atoms with E-state index in [1.807, 2.05) is 0 Å². The molecule has 0 amide bonds. The van der Waals surface area contributed by atoms with E-state index >= 15 is 0 Å². The molecule has 0 saturated carbocycles. The Kier molecular flexibility index (Phi) is 5.75. The third-order valence-corrected chi connectivity index (χ3v) is 5.15. The SMILES string of the molecule is CC(=O)Oc1ccc2c(C(C=C3C(=O)c4cc(Cl)ccc4OC3O)C(=O)O)cc(=O)oc2c1. The number of carbonyl (C=O) groups excluding carboxylic acids is 2. The van der Waals surface area contributed by atoms with Gasteiger partial charge in [0, 0.05) is 29.5 Å². The molecule has 2 aromatic carbocycles. The second-order valence-corrected chi connectivity index (χ2v) is 7.59. The molecule has 10 heteroatoms. The van der Waals surface area contributed by atoms with Gasteiger partial charge < -0.3 is 24.1 Å². The number of halogens is 1. The molecule has 2 atom stereocenters. The van der Waals surface area contributed by atoms with Crippen LogP contribution in [0.3, 0.4) is 0 Å². The molecule has 1 aliphatic rings. The first-order valence-electron chi connectivity index (χ1n) is 9.54. The van der Waals surface area contributed by atoms with Gasteiger partial charge in [-0.1, -0.05) is 17.7 Å². The number of aliphatic hydroxyl groups excluding tert-OH is 1. The van der Waals surface area contributed by atoms with Gasteiger partial charge in [-0.3, -0.25) is 14.4 Å². The average Bonchev–Trinajstić information content (AvgIpc) is 2.73. The quantitative estimate of drug-likeness (QED) is 0.254. The normalized spacial score (nSPS) is 17.4. The fourth-order valence-electron chi connectivity index (χ4n) is 3.52. The fraction of sp³-hybridized carbons (Fsp3) is 0.130. The molecule has 2 unspecified atom stereocenters. The van der Waals surface area contributed by atoms with Gasteiger partial charge in [0.1, 0.15) is 23.0 Å². The molecule has 2 heterocycles. The van der Waals surface area contributed by atoms with Crippen molar-refractivity contribution >= 4 is 40.3 Å². The van der Waals surface area contributed by atoms with Gasteiger partial charge >= 0.3 is 17.6 Å². The van der Waals surface area contributed by atoms with Crippen molar-refractivity contribution in [2.75, 3.05) is 0 Å². The summed E-state index contributed by atoms with van der Waals surface area (Å²) >= 11 is 5.94. The average molecular weight is 471 g/mol. The molecule has 0 radical (unpaired) electrons. The number of aliphatic hydroxyl groups is 1. The van der Waals surface area contributed by atoms with E-state index in [0.717, 1.165) is 12.1 Å². The van der Waals surface area contributed by atoms with E-state index in [2.05, 4.69) is 0 Å². The zero-order valence-corrected chi connectivity index (χ0v) is 17.7. The predicted octanol–water partition coefficient (Wildman–Crippen LogP) is 3.06. The molecule has 0 fully saturated rings. The Balaban J connectivity index is 1.85. The van der Waals surface area contributed by atoms with Crippen molar-refractivity contribution in [1.29, 1.82) is 0 Å². The number of hydrogen-bond acceptors (Lipinski definition) is 8. The van der Waals surface area contributed by atoms with Crippen LogP contribution >= 0.6 is 11.6 Å². The minimum atomic E-state index is -1.73. The van der Waals surface area contributed by atoms with Crippen LogP contribution in [0.4, 0.5) is 0 Å². The maximum atomic E-state index is 13.0. The maximum absolute atomic E-state index is 13.0. The summed E-state index contributed by atoms with van der Waals surface area (Å²) in [7, 11) is 0. The van der Waals surface area contributed by atoms with Crippen molar-refractivity contribution in [1.82, 2.24) is 0 Å². The predicted molar refractivity (Wildman–Crippen MR) is 115 cm³/mol. The van der Waals surface area contributed by atoms with E-state index in [9.17, 15) is 29.4 Å². The number of carboxylic acids is 1. The van der Waals surface area contributed by atoms with Crippen molar-refractivity contribution in [3.8, 4) is 11.5 Å². The van der Waals surface area contributed by atoms with Crippen LogP contribution < -0.4 is 15.1 Å². The van der Waals surface area contributed by atoms with Crippen LogP contribution in [-0.4, -0.2) is 34.2 Å². The van der Waals surface area contributed by atoms with Crippen LogP contribution in [0.2, 0.25) is 5.02 Å². The lowest BCUT2D eigenvalue weighted by atomic mass is 9.90. The number of ketones is 1. The first-order chi connectivity index (χ1) is 15.6.